The average molecular weight is 438 g/mol. The molecule has 32 heavy (non-hydrogen) atoms. The van der Waals surface area contributed by atoms with Gasteiger partial charge in [-0.25, -0.2) is 0 Å². The first-order chi connectivity index (χ1) is 15.5. The second-order valence-corrected chi connectivity index (χ2v) is 8.01. The van der Waals surface area contributed by atoms with Gasteiger partial charge in [0.25, 0.3) is 17.5 Å². The Morgan fingerprint density at radius 3 is 2.47 bits per heavy atom. The molecular weight excluding hydrogens is 412 g/mol. The minimum Gasteiger partial charge on any atom is -0.378 e. The third-order valence-electron chi connectivity index (χ3n) is 5.92. The number of hydrogen-bond acceptors (Lipinski definition) is 6. The van der Waals surface area contributed by atoms with E-state index in [1.807, 2.05) is 17.9 Å². The second kappa shape index (κ2) is 9.35. The van der Waals surface area contributed by atoms with E-state index in [4.69, 9.17) is 4.74 Å². The first kappa shape index (κ1) is 21.8. The normalized spacial score (nSPS) is 16.2. The fourth-order valence-corrected chi connectivity index (χ4v) is 4.22. The van der Waals surface area contributed by atoms with Crippen molar-refractivity contribution in [3.8, 4) is 0 Å². The molecule has 168 valence electrons. The number of hydrogen-bond donors (Lipinski definition) is 1. The van der Waals surface area contributed by atoms with Crippen LogP contribution in [0.15, 0.2) is 36.4 Å². The van der Waals surface area contributed by atoms with E-state index in [1.54, 1.807) is 23.1 Å². The highest BCUT2D eigenvalue weighted by Gasteiger charge is 2.26. The summed E-state index contributed by atoms with van der Waals surface area (Å²) in [7, 11) is 0. The Labute approximate surface area is 186 Å². The van der Waals surface area contributed by atoms with Crippen LogP contribution in [0.25, 0.3) is 0 Å². The van der Waals surface area contributed by atoms with E-state index in [2.05, 4.69) is 5.32 Å². The van der Waals surface area contributed by atoms with Crippen LogP contribution in [-0.4, -0.2) is 61.0 Å². The molecule has 2 aliphatic rings. The summed E-state index contributed by atoms with van der Waals surface area (Å²) in [5.74, 6) is -0.598. The Morgan fingerprint density at radius 1 is 1.06 bits per heavy atom. The lowest BCUT2D eigenvalue weighted by molar-refractivity contribution is -0.384. The molecule has 2 aromatic rings. The fourth-order valence-electron chi connectivity index (χ4n) is 4.22. The van der Waals surface area contributed by atoms with E-state index in [0.29, 0.717) is 56.3 Å². The van der Waals surface area contributed by atoms with E-state index in [1.165, 1.54) is 12.1 Å². The summed E-state index contributed by atoms with van der Waals surface area (Å²) in [6.07, 6.45) is 1.94. The Hall–Kier alpha value is -3.46. The molecule has 2 aromatic carbocycles. The van der Waals surface area contributed by atoms with E-state index in [9.17, 15) is 19.7 Å². The summed E-state index contributed by atoms with van der Waals surface area (Å²) >= 11 is 0. The zero-order valence-corrected chi connectivity index (χ0v) is 18.0. The van der Waals surface area contributed by atoms with E-state index < -0.39 is 10.8 Å². The Morgan fingerprint density at radius 2 is 1.78 bits per heavy atom. The van der Waals surface area contributed by atoms with Crippen molar-refractivity contribution in [1.29, 1.82) is 0 Å². The van der Waals surface area contributed by atoms with Crippen LogP contribution in [0, 0.1) is 17.0 Å². The van der Waals surface area contributed by atoms with Crippen molar-refractivity contribution in [1.82, 2.24) is 4.90 Å². The van der Waals surface area contributed by atoms with Crippen LogP contribution in [0.4, 0.5) is 17.1 Å². The number of nitrogens with one attached hydrogen (secondary N) is 1. The second-order valence-electron chi connectivity index (χ2n) is 8.01. The van der Waals surface area contributed by atoms with Crippen LogP contribution < -0.4 is 10.2 Å². The van der Waals surface area contributed by atoms with Gasteiger partial charge in [-0.2, -0.15) is 0 Å². The van der Waals surface area contributed by atoms with Crippen LogP contribution in [0.1, 0.15) is 39.1 Å². The first-order valence-corrected chi connectivity index (χ1v) is 10.8. The maximum atomic E-state index is 13.3. The van der Waals surface area contributed by atoms with Crippen LogP contribution in [0.2, 0.25) is 0 Å². The Kier molecular flexibility index (Phi) is 6.36. The molecule has 1 N–H and O–H groups in total. The number of aryl methyl sites for hydroxylation is 1. The van der Waals surface area contributed by atoms with Gasteiger partial charge in [-0.15, -0.1) is 0 Å². The van der Waals surface area contributed by atoms with Crippen molar-refractivity contribution in [2.45, 2.75) is 19.8 Å². The zero-order valence-electron chi connectivity index (χ0n) is 18.0. The minimum atomic E-state index is -0.519. The van der Waals surface area contributed by atoms with Crippen molar-refractivity contribution in [3.63, 3.8) is 0 Å². The van der Waals surface area contributed by atoms with Crippen LogP contribution >= 0.6 is 0 Å². The van der Waals surface area contributed by atoms with Gasteiger partial charge in [0.05, 0.1) is 40.6 Å². The minimum absolute atomic E-state index is 0.108. The number of nitro groups is 1. The highest BCUT2D eigenvalue weighted by molar-refractivity contribution is 6.12. The standard InChI is InChI=1S/C23H26N4O5/c1-16-5-4-6-19(21(16)23(29)26-9-2-3-10-26)24-22(28)18-15-17(27(30)31)7-8-20(18)25-11-13-32-14-12-25/h4-8,15H,2-3,9-14H2,1H3,(H,24,28). The number of morpholine rings is 1. The van der Waals surface area contributed by atoms with Crippen LogP contribution in [0.5, 0.6) is 0 Å². The number of nitro benzene ring substituents is 1. The summed E-state index contributed by atoms with van der Waals surface area (Å²) in [5, 5.41) is 14.2. The fraction of sp³-hybridized carbons (Fsp3) is 0.391. The van der Waals surface area contributed by atoms with E-state index in [0.717, 1.165) is 18.4 Å². The number of likely N-dealkylation sites (tertiary alicyclic amines) is 1. The van der Waals surface area contributed by atoms with Gasteiger partial charge >= 0.3 is 0 Å². The number of nitrogens with zero attached hydrogens (tertiary/aromatic N) is 3. The number of amides is 2. The maximum Gasteiger partial charge on any atom is 0.270 e. The Bertz CT molecular complexity index is 1040. The third-order valence-corrected chi connectivity index (χ3v) is 5.92. The number of rotatable bonds is 5. The molecule has 2 amide bonds. The predicted molar refractivity (Wildman–Crippen MR) is 120 cm³/mol. The number of carbonyl (C=O) groups is 2. The number of non-ortho nitro benzene ring substituents is 1. The number of carbonyl (C=O) groups excluding carboxylic acids is 2. The SMILES string of the molecule is Cc1cccc(NC(=O)c2cc([N+](=O)[O-])ccc2N2CCOCC2)c1C(=O)N1CCCC1. The predicted octanol–water partition coefficient (Wildman–Crippen LogP) is 3.23. The quantitative estimate of drug-likeness (QED) is 0.568. The monoisotopic (exact) mass is 438 g/mol. The average Bonchev–Trinajstić information content (AvgIpc) is 3.34. The van der Waals surface area contributed by atoms with Crippen molar-refractivity contribution in [2.24, 2.45) is 0 Å². The largest absolute Gasteiger partial charge is 0.378 e. The molecule has 2 heterocycles. The first-order valence-electron chi connectivity index (χ1n) is 10.8. The molecule has 0 atom stereocenters. The van der Waals surface area contributed by atoms with Gasteiger partial charge in [0.1, 0.15) is 0 Å². The highest BCUT2D eigenvalue weighted by atomic mass is 16.6. The van der Waals surface area contributed by atoms with Gasteiger partial charge in [0.2, 0.25) is 0 Å². The number of anilines is 2. The number of ether oxygens (including phenoxy) is 1. The molecule has 0 aromatic heterocycles. The topological polar surface area (TPSA) is 105 Å². The molecule has 0 spiro atoms. The van der Waals surface area contributed by atoms with Gasteiger partial charge in [0.15, 0.2) is 0 Å². The molecule has 2 aliphatic heterocycles. The van der Waals surface area contributed by atoms with Gasteiger partial charge < -0.3 is 19.9 Å². The smallest absolute Gasteiger partial charge is 0.270 e. The van der Waals surface area contributed by atoms with Crippen molar-refractivity contribution < 1.29 is 19.2 Å². The molecular formula is C23H26N4O5. The van der Waals surface area contributed by atoms with Crippen molar-refractivity contribution >= 4 is 28.9 Å². The summed E-state index contributed by atoms with van der Waals surface area (Å²) in [5.41, 5.74) is 2.28. The summed E-state index contributed by atoms with van der Waals surface area (Å²) in [6.45, 7) is 5.45. The maximum absolute atomic E-state index is 13.3. The lowest BCUT2D eigenvalue weighted by atomic mass is 10.0. The molecule has 0 radical (unpaired) electrons. The van der Waals surface area contributed by atoms with Crippen molar-refractivity contribution in [3.05, 3.63) is 63.2 Å². The Balaban J connectivity index is 1.68. The van der Waals surface area contributed by atoms with Gasteiger partial charge in [-0.3, -0.25) is 19.7 Å². The van der Waals surface area contributed by atoms with E-state index in [-0.39, 0.29) is 17.2 Å². The van der Waals surface area contributed by atoms with Gasteiger partial charge in [-0.05, 0) is 37.5 Å². The number of benzene rings is 2. The third kappa shape index (κ3) is 4.43. The lowest BCUT2D eigenvalue weighted by Gasteiger charge is -2.30. The summed E-state index contributed by atoms with van der Waals surface area (Å²) < 4.78 is 5.39. The molecule has 0 bridgehead atoms. The highest BCUT2D eigenvalue weighted by Crippen LogP contribution is 2.29. The molecule has 0 unspecified atom stereocenters. The molecule has 4 rings (SSSR count). The van der Waals surface area contributed by atoms with Gasteiger partial charge in [0, 0.05) is 38.3 Å². The molecule has 0 saturated carbocycles. The molecule has 2 fully saturated rings. The van der Waals surface area contributed by atoms with Crippen molar-refractivity contribution in [2.75, 3.05) is 49.6 Å². The molecule has 9 heteroatoms. The van der Waals surface area contributed by atoms with Crippen LogP contribution in [0.3, 0.4) is 0 Å². The lowest BCUT2D eigenvalue weighted by Crippen LogP contribution is -2.37. The van der Waals surface area contributed by atoms with Crippen LogP contribution in [-0.2, 0) is 4.74 Å². The summed E-state index contributed by atoms with van der Waals surface area (Å²) in [4.78, 5) is 41.1. The molecule has 2 saturated heterocycles. The van der Waals surface area contributed by atoms with E-state index >= 15 is 0 Å². The molecule has 9 nitrogen and oxygen atoms in total. The van der Waals surface area contributed by atoms with Gasteiger partial charge in [-0.1, -0.05) is 12.1 Å². The molecule has 0 aliphatic carbocycles. The summed E-state index contributed by atoms with van der Waals surface area (Å²) in [6, 6.07) is 9.60. The zero-order chi connectivity index (χ0) is 22.7.